The maximum absolute atomic E-state index is 13.0. The Morgan fingerprint density at radius 2 is 1.00 bits per heavy atom. The standard InChI is InChI=1S/C21H16O4/c22-17-7-1-14(2-8-17)13-20(15-3-9-18(23)10-4-15)21(25)16-5-11-19(24)12-6-16/h1-13,22-24H/b20-13+. The van der Waals surface area contributed by atoms with Crippen LogP contribution in [0.2, 0.25) is 0 Å². The quantitative estimate of drug-likeness (QED) is 0.380. The van der Waals surface area contributed by atoms with Crippen molar-refractivity contribution in [2.45, 2.75) is 0 Å². The summed E-state index contributed by atoms with van der Waals surface area (Å²) in [5.74, 6) is 0.141. The van der Waals surface area contributed by atoms with Crippen molar-refractivity contribution >= 4 is 17.4 Å². The summed E-state index contributed by atoms with van der Waals surface area (Å²) in [4.78, 5) is 13.0. The first-order valence-electron chi connectivity index (χ1n) is 7.67. The highest BCUT2D eigenvalue weighted by atomic mass is 16.3. The fourth-order valence-corrected chi connectivity index (χ4v) is 2.43. The molecule has 0 saturated heterocycles. The molecule has 0 aromatic heterocycles. The molecule has 0 fully saturated rings. The third kappa shape index (κ3) is 3.87. The average Bonchev–Trinajstić information content (AvgIpc) is 2.62. The lowest BCUT2D eigenvalue weighted by Gasteiger charge is -2.09. The van der Waals surface area contributed by atoms with Crippen LogP contribution in [0.3, 0.4) is 0 Å². The summed E-state index contributed by atoms with van der Waals surface area (Å²) in [5.41, 5.74) is 2.30. The Morgan fingerprint density at radius 3 is 1.48 bits per heavy atom. The number of carbonyl (C=O) groups excluding carboxylic acids is 1. The second-order valence-corrected chi connectivity index (χ2v) is 5.57. The van der Waals surface area contributed by atoms with Crippen molar-refractivity contribution in [3.8, 4) is 17.2 Å². The molecule has 3 aromatic carbocycles. The zero-order chi connectivity index (χ0) is 17.8. The van der Waals surface area contributed by atoms with E-state index in [0.29, 0.717) is 16.7 Å². The van der Waals surface area contributed by atoms with E-state index in [9.17, 15) is 20.1 Å². The van der Waals surface area contributed by atoms with Crippen molar-refractivity contribution in [1.29, 1.82) is 0 Å². The van der Waals surface area contributed by atoms with Gasteiger partial charge in [0.25, 0.3) is 0 Å². The molecule has 0 radical (unpaired) electrons. The van der Waals surface area contributed by atoms with Crippen LogP contribution in [0.25, 0.3) is 11.6 Å². The number of phenolic OH excluding ortho intramolecular Hbond substituents is 3. The molecule has 0 atom stereocenters. The van der Waals surface area contributed by atoms with Crippen molar-refractivity contribution < 1.29 is 20.1 Å². The van der Waals surface area contributed by atoms with E-state index in [1.165, 1.54) is 24.3 Å². The van der Waals surface area contributed by atoms with E-state index < -0.39 is 0 Å². The average molecular weight is 332 g/mol. The molecule has 25 heavy (non-hydrogen) atoms. The molecule has 124 valence electrons. The molecule has 0 spiro atoms. The van der Waals surface area contributed by atoms with Gasteiger partial charge in [0.2, 0.25) is 0 Å². The molecule has 0 aliphatic rings. The number of hydrogen-bond acceptors (Lipinski definition) is 4. The molecule has 4 heteroatoms. The van der Waals surface area contributed by atoms with E-state index in [2.05, 4.69) is 0 Å². The third-order valence-corrected chi connectivity index (χ3v) is 3.76. The Kier molecular flexibility index (Phi) is 4.53. The van der Waals surface area contributed by atoms with Crippen LogP contribution in [-0.4, -0.2) is 21.1 Å². The lowest BCUT2D eigenvalue weighted by atomic mass is 9.94. The summed E-state index contributed by atoms with van der Waals surface area (Å²) in [7, 11) is 0. The number of phenols is 3. The first kappa shape index (κ1) is 16.3. The summed E-state index contributed by atoms with van der Waals surface area (Å²) in [5, 5.41) is 28.3. The molecule has 0 heterocycles. The molecule has 3 aromatic rings. The Balaban J connectivity index is 2.07. The van der Waals surface area contributed by atoms with Gasteiger partial charge in [-0.05, 0) is 65.7 Å². The van der Waals surface area contributed by atoms with E-state index in [1.807, 2.05) is 0 Å². The fraction of sp³-hybridized carbons (Fsp3) is 0. The smallest absolute Gasteiger partial charge is 0.193 e. The molecular weight excluding hydrogens is 316 g/mol. The number of carbonyl (C=O) groups is 1. The topological polar surface area (TPSA) is 77.8 Å². The van der Waals surface area contributed by atoms with Crippen molar-refractivity contribution in [1.82, 2.24) is 0 Å². The van der Waals surface area contributed by atoms with E-state index in [1.54, 1.807) is 54.6 Å². The zero-order valence-corrected chi connectivity index (χ0v) is 13.3. The molecular formula is C21H16O4. The van der Waals surface area contributed by atoms with E-state index in [4.69, 9.17) is 0 Å². The Morgan fingerprint density at radius 1 is 0.600 bits per heavy atom. The number of rotatable bonds is 4. The third-order valence-electron chi connectivity index (χ3n) is 3.76. The normalized spacial score (nSPS) is 11.3. The molecule has 0 amide bonds. The molecule has 4 nitrogen and oxygen atoms in total. The summed E-state index contributed by atoms with van der Waals surface area (Å²) in [6.07, 6.45) is 1.72. The number of aromatic hydroxyl groups is 3. The van der Waals surface area contributed by atoms with E-state index in [-0.39, 0.29) is 23.0 Å². The molecule has 3 N–H and O–H groups in total. The maximum Gasteiger partial charge on any atom is 0.193 e. The highest BCUT2D eigenvalue weighted by Gasteiger charge is 2.15. The molecule has 0 saturated carbocycles. The second kappa shape index (κ2) is 6.93. The summed E-state index contributed by atoms with van der Waals surface area (Å²) in [6.45, 7) is 0. The zero-order valence-electron chi connectivity index (χ0n) is 13.3. The van der Waals surface area contributed by atoms with Gasteiger partial charge < -0.3 is 15.3 Å². The number of hydrogen-bond donors (Lipinski definition) is 3. The van der Waals surface area contributed by atoms with Crippen molar-refractivity contribution in [3.05, 3.63) is 89.5 Å². The Bertz CT molecular complexity index is 906. The summed E-state index contributed by atoms with van der Waals surface area (Å²) < 4.78 is 0. The number of benzene rings is 3. The number of allylic oxidation sites excluding steroid dienone is 1. The van der Waals surface area contributed by atoms with Crippen molar-refractivity contribution in [3.63, 3.8) is 0 Å². The Labute approximate surface area is 144 Å². The minimum absolute atomic E-state index is 0.0882. The molecule has 0 unspecified atom stereocenters. The van der Waals surface area contributed by atoms with Gasteiger partial charge in [0.1, 0.15) is 17.2 Å². The SMILES string of the molecule is O=C(/C(=C/c1ccc(O)cc1)c1ccc(O)cc1)c1ccc(O)cc1. The first-order valence-corrected chi connectivity index (χ1v) is 7.67. The fourth-order valence-electron chi connectivity index (χ4n) is 2.43. The van der Waals surface area contributed by atoms with Crippen LogP contribution in [0.1, 0.15) is 21.5 Å². The van der Waals surface area contributed by atoms with Crippen LogP contribution in [0.4, 0.5) is 0 Å². The summed E-state index contributed by atoms with van der Waals surface area (Å²) in [6, 6.07) is 18.9. The first-order chi connectivity index (χ1) is 12.0. The van der Waals surface area contributed by atoms with Crippen LogP contribution in [0.15, 0.2) is 72.8 Å². The minimum atomic E-state index is -0.209. The number of Topliss-reactive ketones (excluding diaryl/α,β-unsaturated/α-hetero) is 1. The van der Waals surface area contributed by atoms with Crippen molar-refractivity contribution in [2.24, 2.45) is 0 Å². The monoisotopic (exact) mass is 332 g/mol. The van der Waals surface area contributed by atoms with Gasteiger partial charge in [0, 0.05) is 11.1 Å². The molecule has 0 aliphatic carbocycles. The van der Waals surface area contributed by atoms with Gasteiger partial charge in [-0.2, -0.15) is 0 Å². The minimum Gasteiger partial charge on any atom is -0.508 e. The van der Waals surface area contributed by atoms with Crippen molar-refractivity contribution in [2.75, 3.05) is 0 Å². The van der Waals surface area contributed by atoms with Gasteiger partial charge in [0.15, 0.2) is 5.78 Å². The van der Waals surface area contributed by atoms with Crippen LogP contribution in [0.5, 0.6) is 17.2 Å². The van der Waals surface area contributed by atoms with E-state index >= 15 is 0 Å². The van der Waals surface area contributed by atoms with Gasteiger partial charge in [-0.15, -0.1) is 0 Å². The largest absolute Gasteiger partial charge is 0.508 e. The molecule has 3 rings (SSSR count). The Hall–Kier alpha value is -3.53. The predicted octanol–water partition coefficient (Wildman–Crippen LogP) is 4.23. The predicted molar refractivity (Wildman–Crippen MR) is 96.5 cm³/mol. The van der Waals surface area contributed by atoms with Crippen LogP contribution in [-0.2, 0) is 0 Å². The molecule has 0 bridgehead atoms. The van der Waals surface area contributed by atoms with E-state index in [0.717, 1.165) is 5.56 Å². The molecule has 0 aliphatic heterocycles. The van der Waals surface area contributed by atoms with Gasteiger partial charge in [0.05, 0.1) is 0 Å². The van der Waals surface area contributed by atoms with Crippen LogP contribution >= 0.6 is 0 Å². The second-order valence-electron chi connectivity index (χ2n) is 5.57. The number of ketones is 1. The highest BCUT2D eigenvalue weighted by Crippen LogP contribution is 2.26. The summed E-state index contributed by atoms with van der Waals surface area (Å²) >= 11 is 0. The lowest BCUT2D eigenvalue weighted by Crippen LogP contribution is -2.02. The lowest BCUT2D eigenvalue weighted by molar-refractivity contribution is 0.105. The van der Waals surface area contributed by atoms with Crippen LogP contribution < -0.4 is 0 Å². The van der Waals surface area contributed by atoms with Crippen LogP contribution in [0, 0.1) is 0 Å². The maximum atomic E-state index is 13.0. The highest BCUT2D eigenvalue weighted by molar-refractivity contribution is 6.32. The van der Waals surface area contributed by atoms with Gasteiger partial charge in [-0.3, -0.25) is 4.79 Å². The van der Waals surface area contributed by atoms with Gasteiger partial charge in [-0.1, -0.05) is 24.3 Å². The van der Waals surface area contributed by atoms with Gasteiger partial charge >= 0.3 is 0 Å². The van der Waals surface area contributed by atoms with Gasteiger partial charge in [-0.25, -0.2) is 0 Å².